The summed E-state index contributed by atoms with van der Waals surface area (Å²) in [6.07, 6.45) is 0. The van der Waals surface area contributed by atoms with Gasteiger partial charge in [0, 0.05) is 40.0 Å². The van der Waals surface area contributed by atoms with Crippen LogP contribution in [0.5, 0.6) is 0 Å². The molecule has 16 heavy (non-hydrogen) atoms. The van der Waals surface area contributed by atoms with E-state index in [0.29, 0.717) is 0 Å². The third-order valence-electron chi connectivity index (χ3n) is 0. The fourth-order valence-corrected chi connectivity index (χ4v) is 0. The first-order chi connectivity index (χ1) is 6.00. The molecule has 0 unspecified atom stereocenters. The molecule has 0 radical (unpaired) electrons. The van der Waals surface area contributed by atoms with Crippen molar-refractivity contribution in [3.63, 3.8) is 0 Å². The number of rotatable bonds is 0. The largest absolute Gasteiger partial charge is 0.345 e. The highest BCUT2D eigenvalue weighted by Gasteiger charge is 1.92. The Morgan fingerprint density at radius 1 is 0.562 bits per heavy atom. The van der Waals surface area contributed by atoms with Crippen molar-refractivity contribution >= 4 is 39.5 Å². The topological polar surface area (TPSA) is 112 Å². The van der Waals surface area contributed by atoms with Crippen molar-refractivity contribution < 1.29 is 28.4 Å². The summed E-state index contributed by atoms with van der Waals surface area (Å²) in [6, 6.07) is 0. The fourth-order valence-electron chi connectivity index (χ4n) is 0. The second-order valence-corrected chi connectivity index (χ2v) is 11.6. The molecule has 0 saturated heterocycles. The average Bonchev–Trinajstić information content (AvgIpc) is 1.41. The Morgan fingerprint density at radius 2 is 0.562 bits per heavy atom. The lowest BCUT2D eigenvalue weighted by Crippen LogP contribution is -1.62. The lowest BCUT2D eigenvalue weighted by atomic mass is 11.9. The molecule has 3 N–H and O–H groups in total. The van der Waals surface area contributed by atoms with Crippen molar-refractivity contribution in [1.82, 2.24) is 0 Å². The van der Waals surface area contributed by atoms with Crippen LogP contribution in [0.25, 0.3) is 0 Å². The van der Waals surface area contributed by atoms with E-state index in [1.165, 1.54) is 40.0 Å². The second-order valence-electron chi connectivity index (χ2n) is 3.88. The van der Waals surface area contributed by atoms with Gasteiger partial charge in [-0.2, -0.15) is 0 Å². The Balaban J connectivity index is -0.0000000655. The minimum absolute atomic E-state index is 0. The third-order valence-corrected chi connectivity index (χ3v) is 0. The molecule has 0 aromatic heterocycles. The zero-order valence-corrected chi connectivity index (χ0v) is 12.6. The summed E-state index contributed by atoms with van der Waals surface area (Å²) >= 11 is 0. The van der Waals surface area contributed by atoms with Gasteiger partial charge in [0.25, 0.3) is 0 Å². The predicted octanol–water partition coefficient (Wildman–Crippen LogP) is 0.365. The van der Waals surface area contributed by atoms with Crippen molar-refractivity contribution in [3.8, 4) is 0 Å². The summed E-state index contributed by atoms with van der Waals surface area (Å²) in [6.45, 7) is 7.79. The fraction of sp³-hybridized carbons (Fsp3) is 1.00. The van der Waals surface area contributed by atoms with Crippen LogP contribution in [0.1, 0.15) is 0 Å². The normalized spacial score (nSPS) is 11.1. The first-order valence-electron chi connectivity index (χ1n) is 3.83. The van der Waals surface area contributed by atoms with E-state index >= 15 is 0 Å². The maximum Gasteiger partial charge on any atom is 0.194 e. The van der Waals surface area contributed by atoms with Crippen molar-refractivity contribution in [2.45, 2.75) is 0 Å². The summed E-state index contributed by atoms with van der Waals surface area (Å²) in [5, 5.41) is 0. The molecule has 0 amide bonds. The monoisotopic (exact) mass is 312 g/mol. The van der Waals surface area contributed by atoms with Gasteiger partial charge in [-0.1, -0.05) is 0 Å². The Kier molecular flexibility index (Phi) is 16.2. The van der Waals surface area contributed by atoms with Gasteiger partial charge in [0.2, 0.25) is 0 Å². The molecule has 0 aliphatic carbocycles. The van der Waals surface area contributed by atoms with E-state index in [1.807, 2.05) is 0 Å². The third kappa shape index (κ3) is 2470. The Hall–Kier alpha value is 1.10. The van der Waals surface area contributed by atoms with Crippen molar-refractivity contribution in [2.24, 2.45) is 0 Å². The van der Waals surface area contributed by atoms with Crippen LogP contribution in [0.4, 0.5) is 0 Å². The number of hydrogen-bond acceptors (Lipinski definition) is 3. The molecule has 0 saturated carbocycles. The molecule has 0 atom stereocenters. The van der Waals surface area contributed by atoms with Crippen molar-refractivity contribution in [3.05, 3.63) is 0 Å². The van der Waals surface area contributed by atoms with Crippen LogP contribution in [-0.4, -0.2) is 72.0 Å². The van der Waals surface area contributed by atoms with Crippen molar-refractivity contribution in [1.29, 1.82) is 0 Å². The molecule has 0 fully saturated rings. The maximum atomic E-state index is 9.77. The van der Waals surface area contributed by atoms with Crippen molar-refractivity contribution in [2.75, 3.05) is 40.0 Å². The molecule has 0 rings (SSSR count). The van der Waals surface area contributed by atoms with Gasteiger partial charge in [-0.25, -0.2) is 0 Å². The molecule has 102 valence electrons. The van der Waals surface area contributed by atoms with E-state index in [-0.39, 0.29) is 17.4 Å². The molecule has 0 bridgehead atoms. The molecule has 0 aliphatic heterocycles. The minimum Gasteiger partial charge on any atom is -0.345 e. The molecule has 10 heteroatoms. The molecule has 0 aromatic rings. The van der Waals surface area contributed by atoms with E-state index in [0.717, 1.165) is 0 Å². The molecule has 0 aliphatic rings. The standard InChI is InChI=1S/3C2H7O2P.Al.3H/c3*1-5(2,3)4;;;;/h3*1-2H3,(H,3,4);;;;. The molecule has 0 spiro atoms. The summed E-state index contributed by atoms with van der Waals surface area (Å²) < 4.78 is 29.3. The average molecular weight is 312 g/mol. The zero-order valence-electron chi connectivity index (χ0n) is 9.91. The van der Waals surface area contributed by atoms with E-state index in [4.69, 9.17) is 14.7 Å². The minimum atomic E-state index is -2.64. The Labute approximate surface area is 108 Å². The predicted molar refractivity (Wildman–Crippen MR) is 75.0 cm³/mol. The molecule has 6 nitrogen and oxygen atoms in total. The van der Waals surface area contributed by atoms with Crippen LogP contribution >= 0.6 is 22.1 Å². The smallest absolute Gasteiger partial charge is 0.194 e. The number of hydrogen-bond donors (Lipinski definition) is 3. The van der Waals surface area contributed by atoms with Gasteiger partial charge in [0.1, 0.15) is 0 Å². The van der Waals surface area contributed by atoms with Gasteiger partial charge in [-0.15, -0.1) is 0 Å². The van der Waals surface area contributed by atoms with Crippen LogP contribution in [0.3, 0.4) is 0 Å². The van der Waals surface area contributed by atoms with Crippen LogP contribution in [-0.2, 0) is 13.7 Å². The molecular weight excluding hydrogens is 288 g/mol. The second kappa shape index (κ2) is 10.1. The highest BCUT2D eigenvalue weighted by atomic mass is 31.2. The lowest BCUT2D eigenvalue weighted by molar-refractivity contribution is 0.490. The van der Waals surface area contributed by atoms with Crippen LogP contribution in [0, 0.1) is 0 Å². The Morgan fingerprint density at radius 3 is 0.562 bits per heavy atom. The quantitative estimate of drug-likeness (QED) is 0.440. The highest BCUT2D eigenvalue weighted by molar-refractivity contribution is 7.56. The van der Waals surface area contributed by atoms with Crippen LogP contribution < -0.4 is 0 Å². The highest BCUT2D eigenvalue weighted by Crippen LogP contribution is 2.28. The summed E-state index contributed by atoms with van der Waals surface area (Å²) in [7, 11) is -7.92. The zero-order chi connectivity index (χ0) is 13.5. The van der Waals surface area contributed by atoms with E-state index in [1.54, 1.807) is 0 Å². The van der Waals surface area contributed by atoms with Gasteiger partial charge in [-0.3, -0.25) is 13.7 Å². The van der Waals surface area contributed by atoms with Gasteiger partial charge in [0.15, 0.2) is 39.5 Å². The first kappa shape index (κ1) is 25.8. The summed E-state index contributed by atoms with van der Waals surface area (Å²) in [4.78, 5) is 24.2. The SMILES string of the molecule is CP(C)(=O)O.CP(C)(=O)O.CP(C)(=O)O.[AlH3]. The van der Waals surface area contributed by atoms with E-state index in [2.05, 4.69) is 0 Å². The first-order valence-corrected chi connectivity index (χ1v) is 11.5. The lowest BCUT2D eigenvalue weighted by Gasteiger charge is -1.86. The van der Waals surface area contributed by atoms with Gasteiger partial charge >= 0.3 is 0 Å². The van der Waals surface area contributed by atoms with Gasteiger partial charge in [0.05, 0.1) is 0 Å². The van der Waals surface area contributed by atoms with Gasteiger partial charge in [-0.05, 0) is 0 Å². The maximum absolute atomic E-state index is 9.77. The van der Waals surface area contributed by atoms with E-state index < -0.39 is 22.1 Å². The van der Waals surface area contributed by atoms with Crippen LogP contribution in [0.15, 0.2) is 0 Å². The summed E-state index contributed by atoms with van der Waals surface area (Å²) in [5.74, 6) is 0. The summed E-state index contributed by atoms with van der Waals surface area (Å²) in [5.41, 5.74) is 0. The molecular formula is C6H24AlO6P3. The van der Waals surface area contributed by atoms with E-state index in [9.17, 15) is 13.7 Å². The molecule has 0 aromatic carbocycles. The van der Waals surface area contributed by atoms with Crippen LogP contribution in [0.2, 0.25) is 0 Å². The molecule has 0 heterocycles. The Bertz CT molecular complexity index is 214. The van der Waals surface area contributed by atoms with Gasteiger partial charge < -0.3 is 14.7 Å².